The Balaban J connectivity index is 2.47. The lowest BCUT2D eigenvalue weighted by atomic mass is 9.93. The molecule has 3 amide bonds. The molecule has 1 saturated carbocycles. The van der Waals surface area contributed by atoms with Gasteiger partial charge in [0.25, 0.3) is 0 Å². The number of nitrogens with zero attached hydrogens (tertiary/aromatic N) is 1. The van der Waals surface area contributed by atoms with Crippen LogP contribution in [-0.2, 0) is 14.3 Å². The van der Waals surface area contributed by atoms with Gasteiger partial charge >= 0.3 is 6.09 Å². The summed E-state index contributed by atoms with van der Waals surface area (Å²) in [6.07, 6.45) is 11.6. The van der Waals surface area contributed by atoms with Crippen molar-refractivity contribution in [3.05, 3.63) is 34.9 Å². The van der Waals surface area contributed by atoms with E-state index < -0.39 is 23.8 Å². The van der Waals surface area contributed by atoms with Gasteiger partial charge in [0.15, 0.2) is 0 Å². The maximum atomic E-state index is 14.5. The predicted molar refractivity (Wildman–Crippen MR) is 171 cm³/mol. The van der Waals surface area contributed by atoms with Crippen molar-refractivity contribution in [3.63, 3.8) is 0 Å². The van der Waals surface area contributed by atoms with E-state index in [1.54, 1.807) is 4.90 Å². The van der Waals surface area contributed by atoms with Crippen LogP contribution in [0, 0.1) is 19.8 Å². The molecular weight excluding hydrogens is 526 g/mol. The van der Waals surface area contributed by atoms with Crippen LogP contribution in [0.15, 0.2) is 18.2 Å². The van der Waals surface area contributed by atoms with Gasteiger partial charge < -0.3 is 20.3 Å². The van der Waals surface area contributed by atoms with Gasteiger partial charge in [-0.25, -0.2) is 4.79 Å². The Hall–Kier alpha value is -2.57. The van der Waals surface area contributed by atoms with E-state index in [0.29, 0.717) is 13.0 Å². The highest BCUT2D eigenvalue weighted by Crippen LogP contribution is 2.28. The van der Waals surface area contributed by atoms with Gasteiger partial charge in [0.1, 0.15) is 17.7 Å². The molecule has 0 aliphatic heterocycles. The van der Waals surface area contributed by atoms with Crippen LogP contribution < -0.4 is 10.6 Å². The number of alkyl carbamates (subject to hydrolysis) is 1. The zero-order chi connectivity index (χ0) is 31.3. The van der Waals surface area contributed by atoms with E-state index in [1.165, 1.54) is 25.7 Å². The molecule has 0 radical (unpaired) electrons. The fourth-order valence-corrected chi connectivity index (χ4v) is 5.71. The summed E-state index contributed by atoms with van der Waals surface area (Å²) in [5.74, 6) is -0.212. The summed E-state index contributed by atoms with van der Waals surface area (Å²) in [4.78, 5) is 43.3. The van der Waals surface area contributed by atoms with Crippen molar-refractivity contribution in [3.8, 4) is 0 Å². The average molecular weight is 586 g/mol. The first-order valence-electron chi connectivity index (χ1n) is 16.5. The van der Waals surface area contributed by atoms with Crippen molar-refractivity contribution in [1.29, 1.82) is 0 Å². The number of carbonyl (C=O) groups excluding carboxylic acids is 3. The summed E-state index contributed by atoms with van der Waals surface area (Å²) in [6, 6.07) is 4.61. The van der Waals surface area contributed by atoms with Gasteiger partial charge in [0.05, 0.1) is 0 Å². The Morgan fingerprint density at radius 3 is 2.19 bits per heavy atom. The number of aryl methyl sites for hydroxylation is 2. The fraction of sp³-hybridized carbons (Fsp3) is 0.743. The molecule has 238 valence electrons. The molecule has 0 bridgehead atoms. The van der Waals surface area contributed by atoms with Crippen LogP contribution >= 0.6 is 0 Å². The summed E-state index contributed by atoms with van der Waals surface area (Å²) in [5.41, 5.74) is 2.35. The van der Waals surface area contributed by atoms with Crippen molar-refractivity contribution in [2.24, 2.45) is 5.92 Å². The SMILES string of the molecule is CCCCCCCCN(C(=O)C(CC(C)C)NC(=O)OC(C)(C)C)C(C(=O)NC1CCCCC1)c1ccc(C)c(C)c1. The molecule has 2 N–H and O–H groups in total. The van der Waals surface area contributed by atoms with Crippen molar-refractivity contribution in [1.82, 2.24) is 15.5 Å². The lowest BCUT2D eigenvalue weighted by Gasteiger charge is -2.36. The molecule has 1 fully saturated rings. The lowest BCUT2D eigenvalue weighted by Crippen LogP contribution is -2.54. The highest BCUT2D eigenvalue weighted by atomic mass is 16.6. The van der Waals surface area contributed by atoms with Crippen LogP contribution in [0.4, 0.5) is 4.79 Å². The number of amides is 3. The fourth-order valence-electron chi connectivity index (χ4n) is 5.71. The van der Waals surface area contributed by atoms with E-state index >= 15 is 0 Å². The Kier molecular flexibility index (Phi) is 14.9. The molecule has 42 heavy (non-hydrogen) atoms. The Bertz CT molecular complexity index is 994. The topological polar surface area (TPSA) is 87.7 Å². The zero-order valence-corrected chi connectivity index (χ0v) is 27.8. The predicted octanol–water partition coefficient (Wildman–Crippen LogP) is 7.92. The third kappa shape index (κ3) is 12.3. The Morgan fingerprint density at radius 2 is 1.60 bits per heavy atom. The third-order valence-corrected chi connectivity index (χ3v) is 8.09. The first-order chi connectivity index (χ1) is 19.8. The van der Waals surface area contributed by atoms with Gasteiger partial charge in [-0.15, -0.1) is 0 Å². The highest BCUT2D eigenvalue weighted by molar-refractivity contribution is 5.92. The van der Waals surface area contributed by atoms with E-state index in [-0.39, 0.29) is 23.8 Å². The van der Waals surface area contributed by atoms with Gasteiger partial charge in [-0.1, -0.05) is 90.3 Å². The molecule has 0 aromatic heterocycles. The van der Waals surface area contributed by atoms with E-state index in [9.17, 15) is 14.4 Å². The molecule has 1 aromatic rings. The summed E-state index contributed by atoms with van der Waals surface area (Å²) >= 11 is 0. The first kappa shape index (κ1) is 35.6. The molecule has 1 aromatic carbocycles. The Morgan fingerprint density at radius 1 is 0.952 bits per heavy atom. The van der Waals surface area contributed by atoms with Gasteiger partial charge in [-0.3, -0.25) is 9.59 Å². The van der Waals surface area contributed by atoms with Crippen molar-refractivity contribution < 1.29 is 19.1 Å². The van der Waals surface area contributed by atoms with Crippen LogP contribution in [0.25, 0.3) is 0 Å². The number of carbonyl (C=O) groups is 3. The van der Waals surface area contributed by atoms with E-state index in [4.69, 9.17) is 4.74 Å². The van der Waals surface area contributed by atoms with E-state index in [2.05, 4.69) is 24.5 Å². The second-order valence-electron chi connectivity index (χ2n) is 13.7. The van der Waals surface area contributed by atoms with Crippen molar-refractivity contribution >= 4 is 17.9 Å². The summed E-state index contributed by atoms with van der Waals surface area (Å²) in [7, 11) is 0. The van der Waals surface area contributed by atoms with Gasteiger partial charge in [0, 0.05) is 12.6 Å². The second-order valence-corrected chi connectivity index (χ2v) is 13.7. The monoisotopic (exact) mass is 585 g/mol. The second kappa shape index (κ2) is 17.5. The van der Waals surface area contributed by atoms with Crippen LogP contribution in [0.1, 0.15) is 141 Å². The van der Waals surface area contributed by atoms with Crippen LogP contribution in [0.2, 0.25) is 0 Å². The zero-order valence-electron chi connectivity index (χ0n) is 27.8. The number of ether oxygens (including phenoxy) is 1. The van der Waals surface area contributed by atoms with Crippen molar-refractivity contribution in [2.75, 3.05) is 6.54 Å². The minimum absolute atomic E-state index is 0.123. The number of nitrogens with one attached hydrogen (secondary N) is 2. The maximum absolute atomic E-state index is 14.5. The minimum atomic E-state index is -0.795. The molecule has 7 heteroatoms. The number of benzene rings is 1. The quantitative estimate of drug-likeness (QED) is 0.205. The van der Waals surface area contributed by atoms with Crippen LogP contribution in [0.3, 0.4) is 0 Å². The number of hydrogen-bond donors (Lipinski definition) is 2. The molecule has 7 nitrogen and oxygen atoms in total. The standard InChI is InChI=1S/C35H59N3O4/c1-9-10-11-12-13-17-22-38(33(40)30(23-25(2)3)37-34(41)42-35(6,7)8)31(28-21-20-26(4)27(5)24-28)32(39)36-29-18-15-14-16-19-29/h20-21,24-25,29-31H,9-19,22-23H2,1-8H3,(H,36,39)(H,37,41). The molecule has 1 aliphatic rings. The van der Waals surface area contributed by atoms with Gasteiger partial charge in [-0.05, 0) is 82.9 Å². The average Bonchev–Trinajstić information content (AvgIpc) is 2.90. The molecule has 2 unspecified atom stereocenters. The summed E-state index contributed by atoms with van der Waals surface area (Å²) in [6.45, 7) is 16.2. The molecule has 1 aliphatic carbocycles. The smallest absolute Gasteiger partial charge is 0.408 e. The summed E-state index contributed by atoms with van der Waals surface area (Å²) < 4.78 is 5.54. The molecular formula is C35H59N3O4. The number of hydrogen-bond acceptors (Lipinski definition) is 4. The number of unbranched alkanes of at least 4 members (excludes halogenated alkanes) is 5. The first-order valence-corrected chi connectivity index (χ1v) is 16.5. The minimum Gasteiger partial charge on any atom is -0.444 e. The Labute approximate surface area is 255 Å². The number of rotatable bonds is 15. The van der Waals surface area contributed by atoms with Gasteiger partial charge in [-0.2, -0.15) is 0 Å². The normalized spacial score (nSPS) is 15.6. The van der Waals surface area contributed by atoms with E-state index in [1.807, 2.05) is 59.7 Å². The molecule has 0 spiro atoms. The highest BCUT2D eigenvalue weighted by Gasteiger charge is 2.37. The van der Waals surface area contributed by atoms with E-state index in [0.717, 1.165) is 61.6 Å². The van der Waals surface area contributed by atoms with Crippen LogP contribution in [-0.4, -0.2) is 47.0 Å². The molecule has 0 saturated heterocycles. The molecule has 2 rings (SSSR count). The van der Waals surface area contributed by atoms with Crippen molar-refractivity contribution in [2.45, 2.75) is 156 Å². The third-order valence-electron chi connectivity index (χ3n) is 8.09. The summed E-state index contributed by atoms with van der Waals surface area (Å²) in [5, 5.41) is 6.18. The lowest BCUT2D eigenvalue weighted by molar-refractivity contribution is -0.143. The van der Waals surface area contributed by atoms with Gasteiger partial charge in [0.2, 0.25) is 11.8 Å². The maximum Gasteiger partial charge on any atom is 0.408 e. The van der Waals surface area contributed by atoms with Crippen LogP contribution in [0.5, 0.6) is 0 Å². The molecule has 0 heterocycles. The molecule has 2 atom stereocenters. The largest absolute Gasteiger partial charge is 0.444 e.